The highest BCUT2D eigenvalue weighted by Crippen LogP contribution is 2.24. The highest BCUT2D eigenvalue weighted by molar-refractivity contribution is 7.23. The van der Waals surface area contributed by atoms with Crippen molar-refractivity contribution in [2.24, 2.45) is 0 Å². The zero-order valence-electron chi connectivity index (χ0n) is 11.2. The summed E-state index contributed by atoms with van der Waals surface area (Å²) in [4.78, 5) is 0. The molecule has 0 radical (unpaired) electrons. The molecular formula is C16H21P. The van der Waals surface area contributed by atoms with E-state index in [1.54, 1.807) is 0 Å². The first-order valence-electron chi connectivity index (χ1n) is 5.82. The van der Waals surface area contributed by atoms with E-state index in [9.17, 15) is 0 Å². The molecule has 0 N–H and O–H groups in total. The lowest BCUT2D eigenvalue weighted by Gasteiger charge is -2.08. The summed E-state index contributed by atoms with van der Waals surface area (Å²) >= 11 is 0. The summed E-state index contributed by atoms with van der Waals surface area (Å²) in [6.45, 7) is 12.6. The number of hydrogen-bond acceptors (Lipinski definition) is 0. The molecule has 90 valence electrons. The van der Waals surface area contributed by atoms with Gasteiger partial charge in [-0.2, -0.15) is 0 Å². The molecule has 1 atom stereocenters. The maximum absolute atomic E-state index is 4.16. The van der Waals surface area contributed by atoms with Crippen LogP contribution in [-0.4, -0.2) is 0 Å². The SMILES string of the molecule is C=C(/C=C(C)\C(P)=C/C)c1ccc(C)cc1C. The van der Waals surface area contributed by atoms with Crippen LogP contribution < -0.4 is 0 Å². The van der Waals surface area contributed by atoms with Crippen molar-refractivity contribution in [1.82, 2.24) is 0 Å². The van der Waals surface area contributed by atoms with Crippen LogP contribution >= 0.6 is 9.24 Å². The monoisotopic (exact) mass is 244 g/mol. The zero-order chi connectivity index (χ0) is 13.0. The molecule has 1 heteroatoms. The molecule has 0 heterocycles. The Bertz CT molecular complexity index is 490. The number of benzene rings is 1. The minimum atomic E-state index is 1.07. The van der Waals surface area contributed by atoms with E-state index in [2.05, 4.69) is 66.9 Å². The summed E-state index contributed by atoms with van der Waals surface area (Å²) < 4.78 is 0. The summed E-state index contributed by atoms with van der Waals surface area (Å²) in [5, 5.41) is 1.22. The van der Waals surface area contributed by atoms with Gasteiger partial charge in [-0.3, -0.25) is 0 Å². The van der Waals surface area contributed by atoms with Crippen LogP contribution in [0, 0.1) is 13.8 Å². The van der Waals surface area contributed by atoms with Gasteiger partial charge < -0.3 is 0 Å². The van der Waals surface area contributed by atoms with Crippen LogP contribution in [0.4, 0.5) is 0 Å². The minimum absolute atomic E-state index is 1.07. The molecule has 0 bridgehead atoms. The van der Waals surface area contributed by atoms with Gasteiger partial charge in [-0.05, 0) is 55.3 Å². The molecule has 0 aliphatic carbocycles. The lowest BCUT2D eigenvalue weighted by Crippen LogP contribution is -1.88. The summed E-state index contributed by atoms with van der Waals surface area (Å²) in [5.41, 5.74) is 6.11. The Balaban J connectivity index is 3.06. The maximum Gasteiger partial charge on any atom is -0.0160 e. The van der Waals surface area contributed by atoms with E-state index in [1.165, 1.54) is 27.6 Å². The van der Waals surface area contributed by atoms with Gasteiger partial charge in [-0.15, -0.1) is 9.24 Å². The summed E-state index contributed by atoms with van der Waals surface area (Å²) in [5.74, 6) is 0. The van der Waals surface area contributed by atoms with Crippen molar-refractivity contribution in [2.75, 3.05) is 0 Å². The molecule has 0 spiro atoms. The van der Waals surface area contributed by atoms with Crippen molar-refractivity contribution in [1.29, 1.82) is 0 Å². The van der Waals surface area contributed by atoms with Gasteiger partial charge in [0, 0.05) is 0 Å². The topological polar surface area (TPSA) is 0 Å². The van der Waals surface area contributed by atoms with Crippen LogP contribution in [0.3, 0.4) is 0 Å². The van der Waals surface area contributed by atoms with Gasteiger partial charge in [0.25, 0.3) is 0 Å². The van der Waals surface area contributed by atoms with E-state index in [1.807, 2.05) is 6.92 Å². The molecule has 0 fully saturated rings. The minimum Gasteiger partial charge on any atom is -0.106 e. The smallest absolute Gasteiger partial charge is 0.0160 e. The Kier molecular flexibility index (Phi) is 4.90. The predicted octanol–water partition coefficient (Wildman–Crippen LogP) is 5.04. The zero-order valence-corrected chi connectivity index (χ0v) is 12.3. The second-order valence-corrected chi connectivity index (χ2v) is 5.04. The molecule has 0 aliphatic heterocycles. The average Bonchev–Trinajstić information content (AvgIpc) is 2.27. The maximum atomic E-state index is 4.16. The average molecular weight is 244 g/mol. The van der Waals surface area contributed by atoms with Crippen LogP contribution in [0.25, 0.3) is 5.57 Å². The van der Waals surface area contributed by atoms with Crippen molar-refractivity contribution in [3.8, 4) is 0 Å². The van der Waals surface area contributed by atoms with Gasteiger partial charge in [0.05, 0.1) is 0 Å². The number of rotatable bonds is 3. The molecule has 17 heavy (non-hydrogen) atoms. The van der Waals surface area contributed by atoms with Crippen molar-refractivity contribution in [2.45, 2.75) is 27.7 Å². The standard InChI is InChI=1S/C16H21P/c1-6-16(17)14(5)10-13(4)15-8-7-11(2)9-12(15)3/h6-10H,4,17H2,1-3,5H3/b14-10-,16-6+. The van der Waals surface area contributed by atoms with Crippen LogP contribution in [0.2, 0.25) is 0 Å². The fourth-order valence-corrected chi connectivity index (χ4v) is 1.91. The van der Waals surface area contributed by atoms with Gasteiger partial charge in [-0.1, -0.05) is 42.5 Å². The van der Waals surface area contributed by atoms with E-state index in [4.69, 9.17) is 0 Å². The third kappa shape index (κ3) is 3.68. The summed E-state index contributed by atoms with van der Waals surface area (Å²) in [6, 6.07) is 6.48. The number of aryl methyl sites for hydroxylation is 2. The first-order valence-corrected chi connectivity index (χ1v) is 6.40. The van der Waals surface area contributed by atoms with Crippen molar-refractivity contribution >= 4 is 14.8 Å². The molecule has 0 saturated carbocycles. The first kappa shape index (κ1) is 13.9. The summed E-state index contributed by atoms with van der Waals surface area (Å²) in [7, 11) is 2.75. The van der Waals surface area contributed by atoms with Crippen LogP contribution in [0.5, 0.6) is 0 Å². The largest absolute Gasteiger partial charge is 0.106 e. The molecular weight excluding hydrogens is 223 g/mol. The molecule has 0 aliphatic rings. The van der Waals surface area contributed by atoms with Crippen LogP contribution in [0.1, 0.15) is 30.5 Å². The molecule has 0 nitrogen and oxygen atoms in total. The molecule has 1 unspecified atom stereocenters. The number of hydrogen-bond donors (Lipinski definition) is 0. The Hall–Kier alpha value is -1.13. The molecule has 0 aromatic heterocycles. The molecule has 1 aromatic rings. The second-order valence-electron chi connectivity index (χ2n) is 4.41. The Labute approximate surface area is 107 Å². The van der Waals surface area contributed by atoms with Crippen LogP contribution in [-0.2, 0) is 0 Å². The fraction of sp³-hybridized carbons (Fsp3) is 0.250. The van der Waals surface area contributed by atoms with E-state index >= 15 is 0 Å². The highest BCUT2D eigenvalue weighted by Gasteiger charge is 2.02. The normalized spacial score (nSPS) is 12.8. The Morgan fingerprint density at radius 3 is 2.47 bits per heavy atom. The van der Waals surface area contributed by atoms with Crippen molar-refractivity contribution < 1.29 is 0 Å². The quantitative estimate of drug-likeness (QED) is 0.516. The third-order valence-corrected chi connectivity index (χ3v) is 3.67. The van der Waals surface area contributed by atoms with Gasteiger partial charge in [0.2, 0.25) is 0 Å². The summed E-state index contributed by atoms with van der Waals surface area (Å²) in [6.07, 6.45) is 4.23. The third-order valence-electron chi connectivity index (χ3n) is 2.88. The molecule has 1 aromatic carbocycles. The van der Waals surface area contributed by atoms with Gasteiger partial charge in [0.1, 0.15) is 0 Å². The lowest BCUT2D eigenvalue weighted by molar-refractivity contribution is 1.36. The molecule has 1 rings (SSSR count). The second kappa shape index (κ2) is 5.98. The van der Waals surface area contributed by atoms with Gasteiger partial charge >= 0.3 is 0 Å². The number of allylic oxidation sites excluding steroid dienone is 5. The van der Waals surface area contributed by atoms with Gasteiger partial charge in [-0.25, -0.2) is 0 Å². The Morgan fingerprint density at radius 2 is 1.94 bits per heavy atom. The lowest BCUT2D eigenvalue weighted by atomic mass is 9.98. The van der Waals surface area contributed by atoms with Gasteiger partial charge in [0.15, 0.2) is 0 Å². The molecule has 0 saturated heterocycles. The van der Waals surface area contributed by atoms with E-state index in [0.717, 1.165) is 5.57 Å². The van der Waals surface area contributed by atoms with E-state index in [-0.39, 0.29) is 0 Å². The van der Waals surface area contributed by atoms with E-state index in [0.29, 0.717) is 0 Å². The van der Waals surface area contributed by atoms with Crippen molar-refractivity contribution in [3.63, 3.8) is 0 Å². The Morgan fingerprint density at radius 1 is 1.29 bits per heavy atom. The first-order chi connectivity index (χ1) is 7.95. The van der Waals surface area contributed by atoms with Crippen molar-refractivity contribution in [3.05, 3.63) is 64.5 Å². The van der Waals surface area contributed by atoms with Crippen LogP contribution in [0.15, 0.2) is 47.8 Å². The highest BCUT2D eigenvalue weighted by atomic mass is 31.0. The van der Waals surface area contributed by atoms with E-state index < -0.39 is 0 Å². The predicted molar refractivity (Wildman–Crippen MR) is 82.2 cm³/mol. The fourth-order valence-electron chi connectivity index (χ4n) is 1.82. The molecule has 0 amide bonds.